The molecule has 15 heteroatoms. The number of halogens is 1. The predicted molar refractivity (Wildman–Crippen MR) is 226 cm³/mol. The Kier molecular flexibility index (Phi) is 11.8. The number of anilines is 1. The first-order valence-electron chi connectivity index (χ1n) is 19.8. The van der Waals surface area contributed by atoms with Gasteiger partial charge in [0.1, 0.15) is 42.2 Å². The number of benzene rings is 2. The van der Waals surface area contributed by atoms with E-state index in [4.69, 9.17) is 18.6 Å². The smallest absolute Gasteiger partial charge is 0.410 e. The van der Waals surface area contributed by atoms with Crippen LogP contribution in [0.4, 0.5) is 15.0 Å². The van der Waals surface area contributed by atoms with Gasteiger partial charge in [0.15, 0.2) is 6.79 Å². The maximum absolute atomic E-state index is 16.2. The van der Waals surface area contributed by atoms with Gasteiger partial charge < -0.3 is 23.5 Å². The quantitative estimate of drug-likeness (QED) is 0.0695. The van der Waals surface area contributed by atoms with Crippen molar-refractivity contribution in [2.45, 2.75) is 122 Å². The van der Waals surface area contributed by atoms with Crippen LogP contribution >= 0.6 is 0 Å². The maximum Gasteiger partial charge on any atom is 0.410 e. The number of carbonyl (C=O) groups is 1. The number of hydrogen-bond acceptors (Lipinski definition) is 11. The van der Waals surface area contributed by atoms with E-state index in [0.29, 0.717) is 57.1 Å². The van der Waals surface area contributed by atoms with Crippen molar-refractivity contribution >= 4 is 51.5 Å². The molecule has 2 aromatic carbocycles. The lowest BCUT2D eigenvalue weighted by Crippen LogP contribution is -2.57. The van der Waals surface area contributed by atoms with Crippen LogP contribution in [0, 0.1) is 24.2 Å². The number of carbonyl (C=O) groups excluding carboxylic acids is 1. The highest BCUT2D eigenvalue weighted by Crippen LogP contribution is 2.43. The molecule has 0 N–H and O–H groups in total. The third-order valence-corrected chi connectivity index (χ3v) is 18.7. The van der Waals surface area contributed by atoms with Crippen molar-refractivity contribution in [3.8, 4) is 28.5 Å². The Morgan fingerprint density at radius 2 is 1.64 bits per heavy atom. The van der Waals surface area contributed by atoms with Crippen LogP contribution in [0.3, 0.4) is 0 Å². The Balaban J connectivity index is 1.60. The molecule has 6 rings (SSSR count). The van der Waals surface area contributed by atoms with Crippen molar-refractivity contribution in [2.75, 3.05) is 38.1 Å². The topological polar surface area (TPSA) is 141 Å². The van der Waals surface area contributed by atoms with Crippen LogP contribution in [0.1, 0.15) is 86.3 Å². The average molecular weight is 835 g/mol. The number of ether oxygens (including phenoxy) is 3. The number of sulfone groups is 1. The van der Waals surface area contributed by atoms with Gasteiger partial charge in [-0.05, 0) is 80.7 Å². The highest BCUT2D eigenvalue weighted by Gasteiger charge is 2.46. The Morgan fingerprint density at radius 1 is 1.02 bits per heavy atom. The monoisotopic (exact) mass is 834 g/mol. The van der Waals surface area contributed by atoms with Gasteiger partial charge >= 0.3 is 11.7 Å². The van der Waals surface area contributed by atoms with Crippen LogP contribution in [-0.4, -0.2) is 88.4 Å². The van der Waals surface area contributed by atoms with Gasteiger partial charge in [-0.2, -0.15) is 4.98 Å². The van der Waals surface area contributed by atoms with Gasteiger partial charge in [-0.15, -0.1) is 5.54 Å². The van der Waals surface area contributed by atoms with E-state index in [9.17, 15) is 18.0 Å². The Morgan fingerprint density at radius 3 is 2.19 bits per heavy atom. The van der Waals surface area contributed by atoms with Crippen LogP contribution in [0.15, 0.2) is 38.6 Å². The molecular weight excluding hydrogens is 780 g/mol. The molecule has 1 amide bonds. The van der Waals surface area contributed by atoms with E-state index in [1.807, 2.05) is 25.7 Å². The van der Waals surface area contributed by atoms with Gasteiger partial charge in [0.25, 0.3) is 0 Å². The summed E-state index contributed by atoms with van der Waals surface area (Å²) in [4.78, 5) is 40.2. The number of aromatic nitrogens is 2. The largest absolute Gasteiger partial charge is 0.468 e. The van der Waals surface area contributed by atoms with Crippen molar-refractivity contribution in [3.63, 3.8) is 0 Å². The van der Waals surface area contributed by atoms with Crippen molar-refractivity contribution in [1.29, 1.82) is 0 Å². The van der Waals surface area contributed by atoms with Crippen LogP contribution in [0.2, 0.25) is 16.6 Å². The van der Waals surface area contributed by atoms with Gasteiger partial charge in [0.05, 0.1) is 23.2 Å². The Bertz CT molecular complexity index is 2470. The second kappa shape index (κ2) is 15.9. The summed E-state index contributed by atoms with van der Waals surface area (Å²) in [5, 5.41) is 0.534. The van der Waals surface area contributed by atoms with Crippen LogP contribution in [-0.2, 0) is 19.3 Å². The lowest BCUT2D eigenvalue weighted by atomic mass is 9.95. The third-order valence-electron chi connectivity index (χ3n) is 11.6. The molecule has 2 aliphatic rings. The standard InChI is InChI=1S/C43H55FN4O8SSi/c1-24(2)58(25(3)4,26(5)6)18-17-32-34(44)16-13-28-19-31(54-23-53-11)20-33(35(28)32)38-27(7)37-36(40(49)55-38)39(46-41(45-37)57(12,51)52)47-21-29-14-15-30(22-47)48(29)42(50)56-43(8,9)10/h13,16,19-20,24-26,29-30H,14-15,21-23H2,1-12H3/t29-,30+. The highest BCUT2D eigenvalue weighted by atomic mass is 32.2. The van der Waals surface area contributed by atoms with Crippen LogP contribution in [0.25, 0.3) is 33.0 Å². The second-order valence-corrected chi connectivity index (χ2v) is 25.0. The van der Waals surface area contributed by atoms with Crippen LogP contribution < -0.4 is 15.3 Å². The molecule has 312 valence electrons. The molecule has 0 unspecified atom stereocenters. The van der Waals surface area contributed by atoms with Crippen molar-refractivity contribution < 1.29 is 36.2 Å². The number of nitrogens with zero attached hydrogens (tertiary/aromatic N) is 4. The van der Waals surface area contributed by atoms with E-state index < -0.39 is 46.2 Å². The van der Waals surface area contributed by atoms with Crippen LogP contribution in [0.5, 0.6) is 5.75 Å². The van der Waals surface area contributed by atoms with E-state index in [0.717, 1.165) is 6.26 Å². The zero-order chi connectivity index (χ0) is 42.6. The number of hydrogen-bond donors (Lipinski definition) is 0. The molecule has 2 bridgehead atoms. The summed E-state index contributed by atoms with van der Waals surface area (Å²) in [5.74, 6) is 3.30. The maximum atomic E-state index is 16.2. The summed E-state index contributed by atoms with van der Waals surface area (Å²) in [7, 11) is -4.82. The Hall–Kier alpha value is -4.52. The molecule has 0 radical (unpaired) electrons. The van der Waals surface area contributed by atoms with Crippen molar-refractivity contribution in [2.24, 2.45) is 0 Å². The summed E-state index contributed by atoms with van der Waals surface area (Å²) in [5.41, 5.74) is 3.92. The molecule has 0 saturated carbocycles. The van der Waals surface area contributed by atoms with Gasteiger partial charge in [-0.25, -0.2) is 27.4 Å². The molecule has 2 atom stereocenters. The summed E-state index contributed by atoms with van der Waals surface area (Å²) in [6.07, 6.45) is 1.99. The fraction of sp³-hybridized carbons (Fsp3) is 0.535. The van der Waals surface area contributed by atoms with Gasteiger partial charge in [-0.1, -0.05) is 53.5 Å². The Labute approximate surface area is 341 Å². The third kappa shape index (κ3) is 7.95. The number of fused-ring (bicyclic) bond motifs is 4. The highest BCUT2D eigenvalue weighted by molar-refractivity contribution is 7.90. The number of piperazine rings is 1. The first kappa shape index (κ1) is 43.1. The number of rotatable bonds is 9. The summed E-state index contributed by atoms with van der Waals surface area (Å²) < 4.78 is 65.6. The zero-order valence-electron chi connectivity index (χ0n) is 35.6. The number of methoxy groups -OCH3 is 1. The molecule has 2 aromatic heterocycles. The molecule has 0 aliphatic carbocycles. The minimum atomic E-state index is -3.99. The predicted octanol–water partition coefficient (Wildman–Crippen LogP) is 8.39. The zero-order valence-corrected chi connectivity index (χ0v) is 37.4. The molecule has 0 spiro atoms. The minimum Gasteiger partial charge on any atom is -0.468 e. The fourth-order valence-electron chi connectivity index (χ4n) is 9.08. The molecule has 4 aromatic rings. The van der Waals surface area contributed by atoms with Gasteiger partial charge in [0.2, 0.25) is 15.0 Å². The lowest BCUT2D eigenvalue weighted by Gasteiger charge is -2.42. The number of amides is 1. The van der Waals surface area contributed by atoms with E-state index in [-0.39, 0.29) is 60.0 Å². The molecule has 2 saturated heterocycles. The van der Waals surface area contributed by atoms with E-state index in [1.54, 1.807) is 30.0 Å². The van der Waals surface area contributed by atoms with E-state index in [2.05, 4.69) is 63.0 Å². The molecular formula is C43H55FN4O8SSi. The molecule has 2 fully saturated rings. The molecule has 2 aliphatic heterocycles. The van der Waals surface area contributed by atoms with E-state index in [1.165, 1.54) is 13.2 Å². The minimum absolute atomic E-state index is 0.00245. The molecule has 4 heterocycles. The normalized spacial score (nSPS) is 17.4. The van der Waals surface area contributed by atoms with Crippen molar-refractivity contribution in [1.82, 2.24) is 14.9 Å². The molecule has 58 heavy (non-hydrogen) atoms. The summed E-state index contributed by atoms with van der Waals surface area (Å²) in [6.45, 7) is 20.7. The average Bonchev–Trinajstić information content (AvgIpc) is 3.40. The molecule has 12 nitrogen and oxygen atoms in total. The first-order valence-corrected chi connectivity index (χ1v) is 23.9. The fourth-order valence-corrected chi connectivity index (χ4v) is 14.8. The first-order chi connectivity index (χ1) is 27.1. The number of aryl methyl sites for hydroxylation is 1. The van der Waals surface area contributed by atoms with Gasteiger partial charge in [-0.3, -0.25) is 4.90 Å². The summed E-state index contributed by atoms with van der Waals surface area (Å²) in [6, 6.07) is 5.88. The van der Waals surface area contributed by atoms with E-state index >= 15 is 4.39 Å². The SMILES string of the molecule is COCOc1cc(-c2oc(=O)c3c(N4C[C@H]5CC[C@@H](C4)N5C(=O)OC(C)(C)C)nc(S(C)(=O)=O)nc3c2C)c2c(C#C[Si](C(C)C)(C(C)C)C(C)C)c(F)ccc2c1. The second-order valence-electron chi connectivity index (χ2n) is 17.5. The lowest BCUT2D eigenvalue weighted by molar-refractivity contribution is 0.0122. The van der Waals surface area contributed by atoms with Crippen molar-refractivity contribution in [3.05, 3.63) is 51.6 Å². The summed E-state index contributed by atoms with van der Waals surface area (Å²) >= 11 is 0. The van der Waals surface area contributed by atoms with Gasteiger partial charge in [0, 0.05) is 43.0 Å².